The third-order valence-corrected chi connectivity index (χ3v) is 5.01. The summed E-state index contributed by atoms with van der Waals surface area (Å²) in [4.78, 5) is 22.6. The van der Waals surface area contributed by atoms with Gasteiger partial charge in [-0.3, -0.25) is 9.59 Å². The first-order valence-corrected chi connectivity index (χ1v) is 8.62. The first-order valence-electron chi connectivity index (χ1n) is 6.32. The molecule has 3 N–H and O–H groups in total. The molecule has 23 heavy (non-hydrogen) atoms. The number of benzene rings is 1. The molecule has 0 unspecified atom stereocenters. The van der Waals surface area contributed by atoms with Gasteiger partial charge in [0.05, 0.1) is 6.54 Å². The number of anilines is 2. The molecule has 1 heterocycles. The summed E-state index contributed by atoms with van der Waals surface area (Å²) in [7, 11) is -3.98. The van der Waals surface area contributed by atoms with Crippen molar-refractivity contribution in [2.75, 3.05) is 17.2 Å². The van der Waals surface area contributed by atoms with Gasteiger partial charge in [0.1, 0.15) is 0 Å². The number of hydrogen-bond donors (Lipinski definition) is 3. The van der Waals surface area contributed by atoms with E-state index in [2.05, 4.69) is 25.6 Å². The second-order valence-electron chi connectivity index (χ2n) is 4.29. The van der Waals surface area contributed by atoms with Crippen molar-refractivity contribution in [3.63, 3.8) is 0 Å². The summed E-state index contributed by atoms with van der Waals surface area (Å²) in [5.41, 5.74) is 0.556. The van der Waals surface area contributed by atoms with E-state index in [0.29, 0.717) is 17.0 Å². The highest BCUT2D eigenvalue weighted by Gasteiger charge is 2.21. The van der Waals surface area contributed by atoms with Crippen molar-refractivity contribution in [3.8, 4) is 0 Å². The molecular weight excluding hydrogens is 342 g/mol. The number of sulfonamides is 1. The number of aromatic nitrogens is 2. The lowest BCUT2D eigenvalue weighted by molar-refractivity contribution is -0.115. The van der Waals surface area contributed by atoms with Gasteiger partial charge in [-0.15, -0.1) is 10.2 Å². The summed E-state index contributed by atoms with van der Waals surface area (Å²) < 4.78 is 25.8. The number of amides is 2. The summed E-state index contributed by atoms with van der Waals surface area (Å²) in [5.74, 6) is -0.910. The molecule has 0 aliphatic rings. The van der Waals surface area contributed by atoms with Gasteiger partial charge in [-0.2, -0.15) is 4.72 Å². The van der Waals surface area contributed by atoms with Crippen LogP contribution in [-0.2, 0) is 19.6 Å². The van der Waals surface area contributed by atoms with Crippen LogP contribution in [-0.4, -0.2) is 37.0 Å². The second-order valence-corrected chi connectivity index (χ2v) is 7.21. The Labute approximate surface area is 136 Å². The molecule has 0 aliphatic heterocycles. The van der Waals surface area contributed by atoms with E-state index in [1.807, 2.05) is 0 Å². The third-order valence-electron chi connectivity index (χ3n) is 2.40. The Kier molecular flexibility index (Phi) is 5.36. The van der Waals surface area contributed by atoms with Crippen LogP contribution in [0.15, 0.2) is 34.7 Å². The smallest absolute Gasteiger partial charge is 0.270 e. The summed E-state index contributed by atoms with van der Waals surface area (Å²) >= 11 is 0.687. The average Bonchev–Trinajstić information content (AvgIpc) is 2.95. The fourth-order valence-electron chi connectivity index (χ4n) is 1.47. The molecule has 0 saturated heterocycles. The van der Waals surface area contributed by atoms with Crippen LogP contribution in [0.3, 0.4) is 0 Å². The minimum Gasteiger partial charge on any atom is -0.325 e. The topological polar surface area (TPSA) is 130 Å². The summed E-state index contributed by atoms with van der Waals surface area (Å²) in [6.45, 7) is 0.814. The Morgan fingerprint density at radius 2 is 1.83 bits per heavy atom. The minimum absolute atomic E-state index is 0.0617. The maximum Gasteiger partial charge on any atom is 0.270 e. The molecule has 0 fully saturated rings. The molecule has 1 aromatic heterocycles. The van der Waals surface area contributed by atoms with E-state index in [9.17, 15) is 18.0 Å². The number of hydrogen-bond acceptors (Lipinski definition) is 7. The zero-order valence-corrected chi connectivity index (χ0v) is 13.6. The predicted octanol–water partition coefficient (Wildman–Crippen LogP) is 0.414. The van der Waals surface area contributed by atoms with Crippen LogP contribution < -0.4 is 15.4 Å². The van der Waals surface area contributed by atoms with Crippen molar-refractivity contribution in [1.29, 1.82) is 0 Å². The van der Waals surface area contributed by atoms with Gasteiger partial charge in [-0.25, -0.2) is 8.42 Å². The van der Waals surface area contributed by atoms with Crippen molar-refractivity contribution in [2.45, 2.75) is 11.3 Å². The number of carbonyl (C=O) groups is 2. The quantitative estimate of drug-likeness (QED) is 0.644. The van der Waals surface area contributed by atoms with Gasteiger partial charge in [0, 0.05) is 12.6 Å². The second kappa shape index (κ2) is 7.26. The molecule has 0 aliphatic carbocycles. The Balaban J connectivity index is 1.94. The molecule has 11 heteroatoms. The predicted molar refractivity (Wildman–Crippen MR) is 84.5 cm³/mol. The summed E-state index contributed by atoms with van der Waals surface area (Å²) in [6, 6.07) is 8.63. The van der Waals surface area contributed by atoms with E-state index in [1.165, 1.54) is 6.92 Å². The van der Waals surface area contributed by atoms with Crippen LogP contribution in [0.2, 0.25) is 0 Å². The SMILES string of the molecule is CC(=O)Nc1nnc(S(=O)(=O)NCC(=O)Nc2ccccc2)s1. The zero-order chi connectivity index (χ0) is 16.9. The van der Waals surface area contributed by atoms with Crippen molar-refractivity contribution in [1.82, 2.24) is 14.9 Å². The van der Waals surface area contributed by atoms with Gasteiger partial charge < -0.3 is 10.6 Å². The molecular formula is C12H13N5O4S2. The molecule has 0 atom stereocenters. The van der Waals surface area contributed by atoms with E-state index >= 15 is 0 Å². The van der Waals surface area contributed by atoms with E-state index in [-0.39, 0.29) is 15.4 Å². The maximum atomic E-state index is 12.0. The molecule has 0 spiro atoms. The molecule has 0 radical (unpaired) electrons. The van der Waals surface area contributed by atoms with Crippen molar-refractivity contribution >= 4 is 44.0 Å². The zero-order valence-electron chi connectivity index (χ0n) is 11.9. The van der Waals surface area contributed by atoms with Crippen LogP contribution in [0.4, 0.5) is 10.8 Å². The normalized spacial score (nSPS) is 11.0. The highest BCUT2D eigenvalue weighted by molar-refractivity contribution is 7.91. The van der Waals surface area contributed by atoms with Crippen LogP contribution in [0, 0.1) is 0 Å². The maximum absolute atomic E-state index is 12.0. The molecule has 2 aromatic rings. The molecule has 2 rings (SSSR count). The van der Waals surface area contributed by atoms with Crippen molar-refractivity contribution in [3.05, 3.63) is 30.3 Å². The Morgan fingerprint density at radius 1 is 1.13 bits per heavy atom. The molecule has 0 saturated carbocycles. The largest absolute Gasteiger partial charge is 0.325 e. The van der Waals surface area contributed by atoms with Crippen LogP contribution >= 0.6 is 11.3 Å². The molecule has 0 bridgehead atoms. The number of para-hydroxylation sites is 1. The van der Waals surface area contributed by atoms with Crippen molar-refractivity contribution < 1.29 is 18.0 Å². The van der Waals surface area contributed by atoms with Gasteiger partial charge in [-0.05, 0) is 12.1 Å². The van der Waals surface area contributed by atoms with E-state index < -0.39 is 22.5 Å². The van der Waals surface area contributed by atoms with Crippen LogP contribution in [0.5, 0.6) is 0 Å². The number of nitrogens with one attached hydrogen (secondary N) is 3. The molecule has 1 aromatic carbocycles. The molecule has 122 valence electrons. The van der Waals surface area contributed by atoms with Crippen molar-refractivity contribution in [2.24, 2.45) is 0 Å². The third kappa shape index (κ3) is 5.09. The van der Waals surface area contributed by atoms with E-state index in [0.717, 1.165) is 0 Å². The minimum atomic E-state index is -3.98. The lowest BCUT2D eigenvalue weighted by Gasteiger charge is -2.05. The highest BCUT2D eigenvalue weighted by atomic mass is 32.2. The lowest BCUT2D eigenvalue weighted by Crippen LogP contribution is -2.32. The van der Waals surface area contributed by atoms with Gasteiger partial charge in [-0.1, -0.05) is 29.5 Å². The van der Waals surface area contributed by atoms with E-state index in [4.69, 9.17) is 0 Å². The lowest BCUT2D eigenvalue weighted by atomic mass is 10.3. The van der Waals surface area contributed by atoms with Gasteiger partial charge in [0.15, 0.2) is 0 Å². The fourth-order valence-corrected chi connectivity index (χ4v) is 3.44. The molecule has 9 nitrogen and oxygen atoms in total. The first-order chi connectivity index (χ1) is 10.9. The Hall–Kier alpha value is -2.37. The van der Waals surface area contributed by atoms with E-state index in [1.54, 1.807) is 30.3 Å². The highest BCUT2D eigenvalue weighted by Crippen LogP contribution is 2.19. The number of nitrogens with zero attached hydrogens (tertiary/aromatic N) is 2. The Bertz CT molecular complexity index is 804. The van der Waals surface area contributed by atoms with Gasteiger partial charge in [0.25, 0.3) is 10.0 Å². The molecule has 2 amide bonds. The summed E-state index contributed by atoms with van der Waals surface area (Å²) in [5, 5.41) is 11.9. The Morgan fingerprint density at radius 3 is 2.48 bits per heavy atom. The first kappa shape index (κ1) is 17.0. The monoisotopic (exact) mass is 355 g/mol. The van der Waals surface area contributed by atoms with Crippen LogP contribution in [0.25, 0.3) is 0 Å². The fraction of sp³-hybridized carbons (Fsp3) is 0.167. The standard InChI is InChI=1S/C12H13N5O4S2/c1-8(18)14-11-16-17-12(22-11)23(20,21)13-7-10(19)15-9-5-3-2-4-6-9/h2-6,13H,7H2,1H3,(H,15,19)(H,14,16,18). The number of carbonyl (C=O) groups excluding carboxylic acids is 2. The average molecular weight is 355 g/mol. The van der Waals surface area contributed by atoms with Gasteiger partial charge >= 0.3 is 0 Å². The van der Waals surface area contributed by atoms with Crippen LogP contribution in [0.1, 0.15) is 6.92 Å². The van der Waals surface area contributed by atoms with Gasteiger partial charge in [0.2, 0.25) is 21.3 Å². The number of rotatable bonds is 6. The summed E-state index contributed by atoms with van der Waals surface area (Å²) in [6.07, 6.45) is 0.